The van der Waals surface area contributed by atoms with Gasteiger partial charge in [0.05, 0.1) is 0 Å². The molecule has 0 aliphatic heterocycles. The Kier molecular flexibility index (Phi) is 4.97. The molecule has 0 bridgehead atoms. The Morgan fingerprint density at radius 1 is 1.33 bits per heavy atom. The van der Waals surface area contributed by atoms with Gasteiger partial charge in [-0.2, -0.15) is 0 Å². The first-order valence-electron chi connectivity index (χ1n) is 5.00. The van der Waals surface area contributed by atoms with Gasteiger partial charge < -0.3 is 4.79 Å². The van der Waals surface area contributed by atoms with Gasteiger partial charge in [0, 0.05) is 12.0 Å². The molecule has 0 saturated carbocycles. The number of aldehydes is 1. The molecule has 1 atom stereocenters. The molecule has 1 aromatic rings. The van der Waals surface area contributed by atoms with Crippen LogP contribution in [0.5, 0.6) is 0 Å². The molecule has 0 radical (unpaired) electrons. The van der Waals surface area contributed by atoms with Crippen molar-refractivity contribution < 1.29 is 4.79 Å². The SMILES string of the molecule is CC(/C=C/C#Cc1ccccc1)CC=O. The molecule has 1 unspecified atom stereocenters. The molecule has 15 heavy (non-hydrogen) atoms. The summed E-state index contributed by atoms with van der Waals surface area (Å²) in [7, 11) is 0. The molecule has 1 aromatic carbocycles. The summed E-state index contributed by atoms with van der Waals surface area (Å²) in [6.07, 6.45) is 5.24. The number of hydrogen-bond donors (Lipinski definition) is 0. The fourth-order valence-corrected chi connectivity index (χ4v) is 1.09. The van der Waals surface area contributed by atoms with Gasteiger partial charge in [0.2, 0.25) is 0 Å². The third-order valence-electron chi connectivity index (χ3n) is 1.97. The average molecular weight is 198 g/mol. The van der Waals surface area contributed by atoms with Crippen LogP contribution in [-0.2, 0) is 4.79 Å². The molecule has 0 heterocycles. The van der Waals surface area contributed by atoms with E-state index in [1.165, 1.54) is 0 Å². The minimum atomic E-state index is 0.271. The van der Waals surface area contributed by atoms with E-state index in [9.17, 15) is 4.79 Å². The van der Waals surface area contributed by atoms with Gasteiger partial charge in [-0.3, -0.25) is 0 Å². The molecule has 76 valence electrons. The van der Waals surface area contributed by atoms with E-state index in [-0.39, 0.29) is 5.92 Å². The quantitative estimate of drug-likeness (QED) is 0.539. The van der Waals surface area contributed by atoms with E-state index in [1.807, 2.05) is 43.3 Å². The van der Waals surface area contributed by atoms with Gasteiger partial charge in [-0.25, -0.2) is 0 Å². The second kappa shape index (κ2) is 6.62. The number of allylic oxidation sites excluding steroid dienone is 2. The molecule has 0 aliphatic carbocycles. The highest BCUT2D eigenvalue weighted by Crippen LogP contribution is 2.00. The molecule has 0 amide bonds. The molecular formula is C14H14O. The largest absolute Gasteiger partial charge is 0.303 e. The smallest absolute Gasteiger partial charge is 0.120 e. The Labute approximate surface area is 90.8 Å². The third-order valence-corrected chi connectivity index (χ3v) is 1.97. The lowest BCUT2D eigenvalue weighted by atomic mass is 10.1. The van der Waals surface area contributed by atoms with Crippen LogP contribution in [-0.4, -0.2) is 6.29 Å². The van der Waals surface area contributed by atoms with Crippen molar-refractivity contribution in [3.63, 3.8) is 0 Å². The van der Waals surface area contributed by atoms with Crippen molar-refractivity contribution >= 4 is 6.29 Å². The molecule has 0 fully saturated rings. The summed E-state index contributed by atoms with van der Waals surface area (Å²) in [6, 6.07) is 9.82. The summed E-state index contributed by atoms with van der Waals surface area (Å²) in [6.45, 7) is 2.00. The fraction of sp³-hybridized carbons (Fsp3) is 0.214. The summed E-state index contributed by atoms with van der Waals surface area (Å²) in [5.74, 6) is 6.23. The van der Waals surface area contributed by atoms with Crippen LogP contribution in [0.1, 0.15) is 18.9 Å². The van der Waals surface area contributed by atoms with Crippen molar-refractivity contribution in [1.82, 2.24) is 0 Å². The Balaban J connectivity index is 2.50. The van der Waals surface area contributed by atoms with Crippen LogP contribution >= 0.6 is 0 Å². The lowest BCUT2D eigenvalue weighted by Gasteiger charge is -1.95. The summed E-state index contributed by atoms with van der Waals surface area (Å²) >= 11 is 0. The highest BCUT2D eigenvalue weighted by Gasteiger charge is 1.91. The predicted molar refractivity (Wildman–Crippen MR) is 62.3 cm³/mol. The molecule has 0 aliphatic rings. The summed E-state index contributed by atoms with van der Waals surface area (Å²) in [5, 5.41) is 0. The highest BCUT2D eigenvalue weighted by atomic mass is 16.1. The van der Waals surface area contributed by atoms with Crippen LogP contribution in [0.2, 0.25) is 0 Å². The maximum absolute atomic E-state index is 10.2. The Bertz CT molecular complexity index is 379. The standard InChI is InChI=1S/C14H14O/c1-13(11-12-15)7-5-6-10-14-8-3-2-4-9-14/h2-5,7-9,12-13H,11H2,1H3/b7-5+. The summed E-state index contributed by atoms with van der Waals surface area (Å²) < 4.78 is 0. The van der Waals surface area contributed by atoms with Crippen LogP contribution in [0.4, 0.5) is 0 Å². The number of carbonyl (C=O) groups is 1. The van der Waals surface area contributed by atoms with Crippen LogP contribution in [0.15, 0.2) is 42.5 Å². The van der Waals surface area contributed by atoms with Crippen molar-refractivity contribution in [2.45, 2.75) is 13.3 Å². The monoisotopic (exact) mass is 198 g/mol. The average Bonchev–Trinajstić information content (AvgIpc) is 2.26. The molecule has 0 saturated heterocycles. The summed E-state index contributed by atoms with van der Waals surface area (Å²) in [4.78, 5) is 10.2. The van der Waals surface area contributed by atoms with E-state index >= 15 is 0 Å². The van der Waals surface area contributed by atoms with E-state index in [4.69, 9.17) is 0 Å². The van der Waals surface area contributed by atoms with Gasteiger partial charge in [0.1, 0.15) is 6.29 Å². The molecule has 1 nitrogen and oxygen atoms in total. The van der Waals surface area contributed by atoms with Gasteiger partial charge in [0.25, 0.3) is 0 Å². The minimum Gasteiger partial charge on any atom is -0.303 e. The van der Waals surface area contributed by atoms with E-state index in [2.05, 4.69) is 11.8 Å². The Morgan fingerprint density at radius 3 is 2.73 bits per heavy atom. The maximum Gasteiger partial charge on any atom is 0.120 e. The van der Waals surface area contributed by atoms with E-state index in [0.29, 0.717) is 6.42 Å². The van der Waals surface area contributed by atoms with Gasteiger partial charge in [-0.1, -0.05) is 43.0 Å². The van der Waals surface area contributed by atoms with Crippen LogP contribution in [0.25, 0.3) is 0 Å². The Morgan fingerprint density at radius 2 is 2.07 bits per heavy atom. The van der Waals surface area contributed by atoms with Gasteiger partial charge in [-0.15, -0.1) is 0 Å². The van der Waals surface area contributed by atoms with Gasteiger partial charge in [0.15, 0.2) is 0 Å². The lowest BCUT2D eigenvalue weighted by Crippen LogP contribution is -1.88. The van der Waals surface area contributed by atoms with Crippen molar-refractivity contribution in [3.05, 3.63) is 48.0 Å². The molecule has 1 rings (SSSR count). The minimum absolute atomic E-state index is 0.271. The van der Waals surface area contributed by atoms with Crippen molar-refractivity contribution in [2.24, 2.45) is 5.92 Å². The van der Waals surface area contributed by atoms with Crippen molar-refractivity contribution in [1.29, 1.82) is 0 Å². The van der Waals surface area contributed by atoms with Gasteiger partial charge in [-0.05, 0) is 24.1 Å². The third kappa shape index (κ3) is 4.83. The first-order chi connectivity index (χ1) is 7.33. The predicted octanol–water partition coefficient (Wildman–Crippen LogP) is 2.82. The lowest BCUT2D eigenvalue weighted by molar-refractivity contribution is -0.108. The van der Waals surface area contributed by atoms with Crippen molar-refractivity contribution in [2.75, 3.05) is 0 Å². The topological polar surface area (TPSA) is 17.1 Å². The Hall–Kier alpha value is -1.81. The van der Waals surface area contributed by atoms with E-state index in [0.717, 1.165) is 11.8 Å². The van der Waals surface area contributed by atoms with Crippen molar-refractivity contribution in [3.8, 4) is 11.8 Å². The fourth-order valence-electron chi connectivity index (χ4n) is 1.09. The zero-order chi connectivity index (χ0) is 10.9. The normalized spacial score (nSPS) is 11.8. The second-order valence-electron chi connectivity index (χ2n) is 3.37. The molecule has 0 aromatic heterocycles. The highest BCUT2D eigenvalue weighted by molar-refractivity contribution is 5.50. The zero-order valence-corrected chi connectivity index (χ0v) is 8.81. The number of hydrogen-bond acceptors (Lipinski definition) is 1. The van der Waals surface area contributed by atoms with E-state index < -0.39 is 0 Å². The number of carbonyl (C=O) groups excluding carboxylic acids is 1. The summed E-state index contributed by atoms with van der Waals surface area (Å²) in [5.41, 5.74) is 1.00. The molecule has 0 N–H and O–H groups in total. The first kappa shape index (κ1) is 11.3. The number of benzene rings is 1. The van der Waals surface area contributed by atoms with E-state index in [1.54, 1.807) is 6.08 Å². The van der Waals surface area contributed by atoms with Crippen LogP contribution < -0.4 is 0 Å². The van der Waals surface area contributed by atoms with Crippen LogP contribution in [0, 0.1) is 17.8 Å². The zero-order valence-electron chi connectivity index (χ0n) is 8.81. The first-order valence-corrected chi connectivity index (χ1v) is 5.00. The maximum atomic E-state index is 10.2. The van der Waals surface area contributed by atoms with Crippen LogP contribution in [0.3, 0.4) is 0 Å². The number of rotatable bonds is 3. The van der Waals surface area contributed by atoms with Gasteiger partial charge >= 0.3 is 0 Å². The molecular weight excluding hydrogens is 184 g/mol. The second-order valence-corrected chi connectivity index (χ2v) is 3.37. The molecule has 0 spiro atoms. The molecule has 1 heteroatoms.